The minimum absolute atomic E-state index is 0.689. The van der Waals surface area contributed by atoms with Gasteiger partial charge in [0.25, 0.3) is 0 Å². The van der Waals surface area contributed by atoms with E-state index in [0.29, 0.717) is 6.04 Å². The normalized spacial score (nSPS) is 25.4. The lowest BCUT2D eigenvalue weighted by Crippen LogP contribution is -2.52. The summed E-state index contributed by atoms with van der Waals surface area (Å²) in [5, 5.41) is 3.77. The quantitative estimate of drug-likeness (QED) is 0.730. The smallest absolute Gasteiger partial charge is 0.0235 e. The molecule has 1 N–H and O–H groups in total. The van der Waals surface area contributed by atoms with Crippen LogP contribution in [0.25, 0.3) is 0 Å². The molecule has 3 nitrogen and oxygen atoms in total. The highest BCUT2D eigenvalue weighted by Gasteiger charge is 2.25. The molecule has 1 aliphatic heterocycles. The molecule has 3 atom stereocenters. The zero-order valence-corrected chi connectivity index (χ0v) is 13.8. The summed E-state index contributed by atoms with van der Waals surface area (Å²) in [5.74, 6) is 0.834. The van der Waals surface area contributed by atoms with Crippen molar-refractivity contribution in [3.05, 3.63) is 0 Å². The molecule has 0 amide bonds. The van der Waals surface area contributed by atoms with E-state index in [2.05, 4.69) is 50.0 Å². The second-order valence-corrected chi connectivity index (χ2v) is 6.53. The highest BCUT2D eigenvalue weighted by molar-refractivity contribution is 4.84. The Morgan fingerprint density at radius 2 is 1.95 bits per heavy atom. The fraction of sp³-hybridized carbons (Fsp3) is 1.00. The van der Waals surface area contributed by atoms with Gasteiger partial charge in [0.1, 0.15) is 0 Å². The summed E-state index contributed by atoms with van der Waals surface area (Å²) in [6.45, 7) is 11.8. The second-order valence-electron chi connectivity index (χ2n) is 6.53. The Balaban J connectivity index is 2.48. The molecule has 1 saturated heterocycles. The van der Waals surface area contributed by atoms with Crippen LogP contribution in [0.15, 0.2) is 0 Å². The largest absolute Gasteiger partial charge is 0.314 e. The molecule has 19 heavy (non-hydrogen) atoms. The summed E-state index contributed by atoms with van der Waals surface area (Å²) in [6.07, 6.45) is 5.15. The van der Waals surface area contributed by atoms with E-state index in [9.17, 15) is 0 Å². The second kappa shape index (κ2) is 8.93. The maximum Gasteiger partial charge on any atom is 0.0235 e. The third-order valence-electron chi connectivity index (χ3n) is 4.60. The van der Waals surface area contributed by atoms with Gasteiger partial charge in [-0.05, 0) is 45.8 Å². The standard InChI is InChI=1S/C16H35N3/c1-6-8-17-15(11-14(3)7-2)12-16-13-18(4)9-10-19(16)5/h14-17H,6-13H2,1-5H3. The molecule has 0 radical (unpaired) electrons. The number of nitrogens with one attached hydrogen (secondary N) is 1. The molecule has 0 aromatic heterocycles. The highest BCUT2D eigenvalue weighted by atomic mass is 15.3. The van der Waals surface area contributed by atoms with Gasteiger partial charge in [-0.25, -0.2) is 0 Å². The average molecular weight is 269 g/mol. The first-order chi connectivity index (χ1) is 9.06. The Bertz CT molecular complexity index is 232. The van der Waals surface area contributed by atoms with Crippen molar-refractivity contribution in [2.75, 3.05) is 40.3 Å². The molecule has 1 rings (SSSR count). The Labute approximate surface area is 120 Å². The first kappa shape index (κ1) is 16.9. The van der Waals surface area contributed by atoms with E-state index in [1.807, 2.05) is 0 Å². The molecule has 0 aromatic carbocycles. The van der Waals surface area contributed by atoms with Crippen molar-refractivity contribution in [1.29, 1.82) is 0 Å². The predicted molar refractivity (Wildman–Crippen MR) is 84.7 cm³/mol. The SMILES string of the molecule is CCCNC(CC(C)CC)CC1CN(C)CCN1C. The molecule has 0 bridgehead atoms. The minimum Gasteiger partial charge on any atom is -0.314 e. The fourth-order valence-corrected chi connectivity index (χ4v) is 2.95. The Morgan fingerprint density at radius 3 is 2.58 bits per heavy atom. The van der Waals surface area contributed by atoms with Gasteiger partial charge < -0.3 is 15.1 Å². The molecular weight excluding hydrogens is 234 g/mol. The number of rotatable bonds is 8. The molecule has 1 heterocycles. The molecular formula is C16H35N3. The number of piperazine rings is 1. The lowest BCUT2D eigenvalue weighted by molar-refractivity contribution is 0.0984. The van der Waals surface area contributed by atoms with Crippen LogP contribution in [0.2, 0.25) is 0 Å². The van der Waals surface area contributed by atoms with Crippen molar-refractivity contribution in [3.63, 3.8) is 0 Å². The molecule has 0 aliphatic carbocycles. The highest BCUT2D eigenvalue weighted by Crippen LogP contribution is 2.18. The van der Waals surface area contributed by atoms with Crippen LogP contribution in [-0.2, 0) is 0 Å². The lowest BCUT2D eigenvalue weighted by atomic mass is 9.93. The van der Waals surface area contributed by atoms with Crippen LogP contribution in [0.1, 0.15) is 46.5 Å². The van der Waals surface area contributed by atoms with Crippen molar-refractivity contribution in [2.45, 2.75) is 58.5 Å². The van der Waals surface area contributed by atoms with Gasteiger partial charge >= 0.3 is 0 Å². The van der Waals surface area contributed by atoms with Gasteiger partial charge in [0, 0.05) is 31.7 Å². The van der Waals surface area contributed by atoms with Gasteiger partial charge in [-0.3, -0.25) is 0 Å². The van der Waals surface area contributed by atoms with Crippen molar-refractivity contribution in [1.82, 2.24) is 15.1 Å². The minimum atomic E-state index is 0.689. The van der Waals surface area contributed by atoms with Crippen LogP contribution >= 0.6 is 0 Å². The maximum absolute atomic E-state index is 3.77. The molecule has 0 aromatic rings. The van der Waals surface area contributed by atoms with Gasteiger partial charge in [-0.1, -0.05) is 27.2 Å². The molecule has 0 spiro atoms. The van der Waals surface area contributed by atoms with Crippen molar-refractivity contribution >= 4 is 0 Å². The molecule has 1 aliphatic rings. The van der Waals surface area contributed by atoms with Gasteiger partial charge in [0.15, 0.2) is 0 Å². The lowest BCUT2D eigenvalue weighted by Gasteiger charge is -2.39. The number of likely N-dealkylation sites (N-methyl/N-ethyl adjacent to an activating group) is 2. The summed E-state index contributed by atoms with van der Waals surface area (Å²) in [7, 11) is 4.54. The predicted octanol–water partition coefficient (Wildman–Crippen LogP) is 2.43. The molecule has 0 saturated carbocycles. The summed E-state index contributed by atoms with van der Waals surface area (Å²) in [5.41, 5.74) is 0. The van der Waals surface area contributed by atoms with E-state index in [1.165, 1.54) is 45.3 Å². The third-order valence-corrected chi connectivity index (χ3v) is 4.60. The Morgan fingerprint density at radius 1 is 1.21 bits per heavy atom. The van der Waals surface area contributed by atoms with Crippen molar-refractivity contribution in [2.24, 2.45) is 5.92 Å². The summed E-state index contributed by atoms with van der Waals surface area (Å²) in [4.78, 5) is 5.03. The van der Waals surface area contributed by atoms with Crippen LogP contribution in [0.5, 0.6) is 0 Å². The van der Waals surface area contributed by atoms with Crippen LogP contribution in [-0.4, -0.2) is 62.2 Å². The van der Waals surface area contributed by atoms with Crippen molar-refractivity contribution in [3.8, 4) is 0 Å². The topological polar surface area (TPSA) is 18.5 Å². The van der Waals surface area contributed by atoms with Crippen LogP contribution in [0.4, 0.5) is 0 Å². The van der Waals surface area contributed by atoms with Crippen LogP contribution in [0, 0.1) is 5.92 Å². The van der Waals surface area contributed by atoms with Crippen LogP contribution < -0.4 is 5.32 Å². The molecule has 3 heteroatoms. The van der Waals surface area contributed by atoms with Gasteiger partial charge in [-0.2, -0.15) is 0 Å². The maximum atomic E-state index is 3.77. The summed E-state index contributed by atoms with van der Waals surface area (Å²) >= 11 is 0. The van der Waals surface area contributed by atoms with Gasteiger partial charge in [-0.15, -0.1) is 0 Å². The van der Waals surface area contributed by atoms with Gasteiger partial charge in [0.05, 0.1) is 0 Å². The number of nitrogens with zero attached hydrogens (tertiary/aromatic N) is 2. The summed E-state index contributed by atoms with van der Waals surface area (Å²) in [6, 6.07) is 1.41. The zero-order valence-electron chi connectivity index (χ0n) is 13.8. The average Bonchev–Trinajstić information content (AvgIpc) is 2.39. The first-order valence-corrected chi connectivity index (χ1v) is 8.18. The number of hydrogen-bond acceptors (Lipinski definition) is 3. The van der Waals surface area contributed by atoms with E-state index >= 15 is 0 Å². The Hall–Kier alpha value is -0.120. The molecule has 3 unspecified atom stereocenters. The molecule has 1 fully saturated rings. The van der Waals surface area contributed by atoms with E-state index in [1.54, 1.807) is 0 Å². The van der Waals surface area contributed by atoms with E-state index in [-0.39, 0.29) is 0 Å². The molecule has 114 valence electrons. The number of hydrogen-bond donors (Lipinski definition) is 1. The third kappa shape index (κ3) is 6.24. The van der Waals surface area contributed by atoms with E-state index in [4.69, 9.17) is 0 Å². The first-order valence-electron chi connectivity index (χ1n) is 8.18. The van der Waals surface area contributed by atoms with E-state index < -0.39 is 0 Å². The van der Waals surface area contributed by atoms with E-state index in [0.717, 1.165) is 18.5 Å². The Kier molecular flexibility index (Phi) is 7.96. The fourth-order valence-electron chi connectivity index (χ4n) is 2.95. The summed E-state index contributed by atoms with van der Waals surface area (Å²) < 4.78 is 0. The van der Waals surface area contributed by atoms with Gasteiger partial charge in [0.2, 0.25) is 0 Å². The monoisotopic (exact) mass is 269 g/mol. The van der Waals surface area contributed by atoms with Crippen molar-refractivity contribution < 1.29 is 0 Å². The van der Waals surface area contributed by atoms with Crippen LogP contribution in [0.3, 0.4) is 0 Å². The zero-order chi connectivity index (χ0) is 14.3.